The van der Waals surface area contributed by atoms with E-state index < -0.39 is 0 Å². The molecular weight excluding hydrogens is 574 g/mol. The van der Waals surface area contributed by atoms with E-state index in [4.69, 9.17) is 14.4 Å². The second-order valence-corrected chi connectivity index (χ2v) is 12.7. The second kappa shape index (κ2) is 10.3. The van der Waals surface area contributed by atoms with Crippen LogP contribution in [-0.4, -0.2) is 14.5 Å². The van der Waals surface area contributed by atoms with E-state index in [-0.39, 0.29) is 5.41 Å². The molecule has 3 aromatic heterocycles. The van der Waals surface area contributed by atoms with Crippen LogP contribution in [-0.2, 0) is 5.41 Å². The lowest BCUT2D eigenvalue weighted by atomic mass is 9.79. The zero-order chi connectivity index (χ0) is 31.7. The number of nitrogens with zero attached hydrogens (tertiary/aromatic N) is 3. The van der Waals surface area contributed by atoms with Crippen molar-refractivity contribution in [2.24, 2.45) is 0 Å². The molecule has 47 heavy (non-hydrogen) atoms. The molecule has 0 radical (unpaired) electrons. The summed E-state index contributed by atoms with van der Waals surface area (Å²) in [7, 11) is 0. The van der Waals surface area contributed by atoms with Gasteiger partial charge in [0.05, 0.1) is 33.5 Å². The molecule has 4 heterocycles. The summed E-state index contributed by atoms with van der Waals surface area (Å²) in [5.74, 6) is 2.52. The second-order valence-electron chi connectivity index (χ2n) is 12.7. The molecule has 4 heteroatoms. The van der Waals surface area contributed by atoms with Gasteiger partial charge in [-0.2, -0.15) is 0 Å². The fraction of sp³-hybridized carbons (Fsp3) is 0.0698. The molecule has 0 fully saturated rings. The fourth-order valence-electron chi connectivity index (χ4n) is 7.20. The van der Waals surface area contributed by atoms with Gasteiger partial charge < -0.3 is 8.98 Å². The van der Waals surface area contributed by atoms with Crippen LogP contribution < -0.4 is 0 Å². The molecule has 224 valence electrons. The summed E-state index contributed by atoms with van der Waals surface area (Å²) in [6.07, 6.45) is 1.89. The number of rotatable bonds is 5. The third kappa shape index (κ3) is 4.15. The van der Waals surface area contributed by atoms with E-state index in [0.717, 1.165) is 61.9 Å². The van der Waals surface area contributed by atoms with Gasteiger partial charge in [0, 0.05) is 39.1 Å². The van der Waals surface area contributed by atoms with Crippen molar-refractivity contribution in [3.05, 3.63) is 157 Å². The Morgan fingerprint density at radius 2 is 1.36 bits per heavy atom. The first-order valence-corrected chi connectivity index (χ1v) is 16.0. The van der Waals surface area contributed by atoms with Gasteiger partial charge in [-0.25, -0.2) is 9.97 Å². The Bertz CT molecular complexity index is 2440. The molecule has 4 nitrogen and oxygen atoms in total. The number of furan rings is 1. The third-order valence-electron chi connectivity index (χ3n) is 9.55. The molecule has 0 amide bonds. The first-order valence-electron chi connectivity index (χ1n) is 16.0. The van der Waals surface area contributed by atoms with Gasteiger partial charge in [-0.05, 0) is 43.2 Å². The lowest BCUT2D eigenvalue weighted by Crippen LogP contribution is -2.24. The summed E-state index contributed by atoms with van der Waals surface area (Å²) < 4.78 is 9.16. The van der Waals surface area contributed by atoms with E-state index in [2.05, 4.69) is 110 Å². The van der Waals surface area contributed by atoms with Crippen molar-refractivity contribution in [2.45, 2.75) is 19.3 Å². The highest BCUT2D eigenvalue weighted by atomic mass is 16.3. The largest absolute Gasteiger partial charge is 0.458 e. The quantitative estimate of drug-likeness (QED) is 0.196. The average Bonchev–Trinajstić information content (AvgIpc) is 3.72. The maximum absolute atomic E-state index is 6.77. The maximum atomic E-state index is 6.77. The van der Waals surface area contributed by atoms with Gasteiger partial charge in [0.25, 0.3) is 0 Å². The minimum Gasteiger partial charge on any atom is -0.458 e. The molecule has 0 bridgehead atoms. The third-order valence-corrected chi connectivity index (χ3v) is 9.55. The highest BCUT2D eigenvalue weighted by molar-refractivity contribution is 6.12. The lowest BCUT2D eigenvalue weighted by Gasteiger charge is -2.30. The molecule has 0 atom stereocenters. The Balaban J connectivity index is 1.28. The van der Waals surface area contributed by atoms with Crippen molar-refractivity contribution in [3.8, 4) is 50.9 Å². The molecule has 0 unspecified atom stereocenters. The Labute approximate surface area is 273 Å². The molecule has 1 aliphatic rings. The summed E-state index contributed by atoms with van der Waals surface area (Å²) in [5, 5.41) is 2.39. The molecule has 0 saturated heterocycles. The summed E-state index contributed by atoms with van der Waals surface area (Å²) in [6.45, 7) is 8.57. The lowest BCUT2D eigenvalue weighted by molar-refractivity contribution is 0.433. The number of fused-ring (bicyclic) bond motifs is 5. The van der Waals surface area contributed by atoms with Crippen LogP contribution in [0.15, 0.2) is 144 Å². The Kier molecular flexibility index (Phi) is 5.97. The van der Waals surface area contributed by atoms with Crippen LogP contribution in [0.3, 0.4) is 0 Å². The van der Waals surface area contributed by atoms with Crippen LogP contribution in [0.4, 0.5) is 0 Å². The van der Waals surface area contributed by atoms with E-state index in [9.17, 15) is 0 Å². The summed E-state index contributed by atoms with van der Waals surface area (Å²) in [5.41, 5.74) is 11.3. The van der Waals surface area contributed by atoms with Gasteiger partial charge in [0.1, 0.15) is 11.5 Å². The van der Waals surface area contributed by atoms with E-state index in [1.807, 2.05) is 54.6 Å². The highest BCUT2D eigenvalue weighted by Crippen LogP contribution is 2.50. The Hall–Kier alpha value is -6.00. The van der Waals surface area contributed by atoms with Crippen LogP contribution in [0.5, 0.6) is 0 Å². The van der Waals surface area contributed by atoms with Crippen molar-refractivity contribution < 1.29 is 4.42 Å². The number of para-hydroxylation sites is 1. The number of hydrogen-bond donors (Lipinski definition) is 0. The summed E-state index contributed by atoms with van der Waals surface area (Å²) in [4.78, 5) is 10.1. The zero-order valence-corrected chi connectivity index (χ0v) is 26.2. The number of benzene rings is 5. The highest BCUT2D eigenvalue weighted by Gasteiger charge is 2.39. The minimum atomic E-state index is -0.328. The first kappa shape index (κ1) is 27.3. The van der Waals surface area contributed by atoms with Crippen molar-refractivity contribution >= 4 is 27.9 Å². The molecule has 0 saturated carbocycles. The number of hydrogen-bond acceptors (Lipinski definition) is 3. The van der Waals surface area contributed by atoms with Crippen molar-refractivity contribution in [1.29, 1.82) is 0 Å². The summed E-state index contributed by atoms with van der Waals surface area (Å²) >= 11 is 0. The maximum Gasteiger partial charge on any atom is 0.160 e. The van der Waals surface area contributed by atoms with E-state index >= 15 is 0 Å². The monoisotopic (exact) mass is 605 g/mol. The van der Waals surface area contributed by atoms with Crippen LogP contribution >= 0.6 is 0 Å². The van der Waals surface area contributed by atoms with Gasteiger partial charge >= 0.3 is 0 Å². The van der Waals surface area contributed by atoms with Gasteiger partial charge in [0.15, 0.2) is 5.82 Å². The standard InChI is InChI=1S/C43H31N3O/c1-4-27-14-11-12-19-31(27)39-26-38-41(47-39)43(2,3)34-21-13-20-32-33-24-30(22-23-37(33)46(38)40(32)34)36-25-35(28-15-7-5-8-16-28)44-42(45-36)29-17-9-6-10-18-29/h4-26H,1H2,2-3H3. The van der Waals surface area contributed by atoms with Crippen LogP contribution in [0.1, 0.15) is 30.7 Å². The average molecular weight is 606 g/mol. The van der Waals surface area contributed by atoms with E-state index in [1.165, 1.54) is 21.9 Å². The smallest absolute Gasteiger partial charge is 0.160 e. The molecule has 0 aliphatic carbocycles. The molecule has 0 spiro atoms. The van der Waals surface area contributed by atoms with Crippen LogP contribution in [0.2, 0.25) is 0 Å². The molecule has 0 N–H and O–H groups in total. The van der Waals surface area contributed by atoms with E-state index in [0.29, 0.717) is 5.82 Å². The normalized spacial score (nSPS) is 13.1. The molecule has 8 aromatic rings. The number of aromatic nitrogens is 3. The Morgan fingerprint density at radius 3 is 2.13 bits per heavy atom. The van der Waals surface area contributed by atoms with E-state index in [1.54, 1.807) is 0 Å². The summed E-state index contributed by atoms with van der Waals surface area (Å²) in [6, 6.07) is 46.4. The zero-order valence-electron chi connectivity index (χ0n) is 26.2. The van der Waals surface area contributed by atoms with Gasteiger partial charge in [0.2, 0.25) is 0 Å². The van der Waals surface area contributed by atoms with Gasteiger partial charge in [-0.3, -0.25) is 0 Å². The SMILES string of the molecule is C=Cc1ccccc1-c1cc2c(o1)C(C)(C)c1cccc3c4cc(-c5cc(-c6ccccc6)nc(-c6ccccc6)n5)ccc4n-2c13. The molecule has 1 aliphatic heterocycles. The van der Waals surface area contributed by atoms with Gasteiger partial charge in [-0.1, -0.05) is 122 Å². The van der Waals surface area contributed by atoms with Crippen molar-refractivity contribution in [3.63, 3.8) is 0 Å². The fourth-order valence-corrected chi connectivity index (χ4v) is 7.20. The minimum absolute atomic E-state index is 0.328. The predicted octanol–water partition coefficient (Wildman–Crippen LogP) is 11.1. The topological polar surface area (TPSA) is 43.9 Å². The van der Waals surface area contributed by atoms with Crippen molar-refractivity contribution in [2.75, 3.05) is 0 Å². The molecule has 9 rings (SSSR count). The molecule has 5 aromatic carbocycles. The van der Waals surface area contributed by atoms with Crippen LogP contribution in [0.25, 0.3) is 78.8 Å². The van der Waals surface area contributed by atoms with Crippen molar-refractivity contribution in [1.82, 2.24) is 14.5 Å². The van der Waals surface area contributed by atoms with Gasteiger partial charge in [-0.15, -0.1) is 0 Å². The predicted molar refractivity (Wildman–Crippen MR) is 193 cm³/mol. The Morgan fingerprint density at radius 1 is 0.660 bits per heavy atom. The molecular formula is C43H31N3O. The first-order chi connectivity index (χ1) is 23.0. The van der Waals surface area contributed by atoms with Crippen LogP contribution in [0, 0.1) is 0 Å².